The van der Waals surface area contributed by atoms with Gasteiger partial charge in [0.05, 0.1) is 0 Å². The van der Waals surface area contributed by atoms with Crippen LogP contribution in [0.2, 0.25) is 32.2 Å². The smallest absolute Gasteiger partial charge is 0.321 e. The number of carbonyl (C=O) groups is 1. The maximum atomic E-state index is 10.9. The summed E-state index contributed by atoms with van der Waals surface area (Å²) in [5.74, 6) is -0.0734. The van der Waals surface area contributed by atoms with Gasteiger partial charge in [0, 0.05) is 13.7 Å². The van der Waals surface area contributed by atoms with Crippen LogP contribution >= 0.6 is 0 Å². The second kappa shape index (κ2) is 8.01. The molecule has 0 bridgehead atoms. The molecule has 0 amide bonds. The molecule has 0 rings (SSSR count). The molecule has 0 aliphatic carbocycles. The van der Waals surface area contributed by atoms with E-state index >= 15 is 0 Å². The number of ketones is 1. The molecular weight excluding hydrogens is 264 g/mol. The highest BCUT2D eigenvalue weighted by atomic mass is 28.4. The van der Waals surface area contributed by atoms with E-state index in [0.717, 1.165) is 12.5 Å². The first kappa shape index (κ1) is 17.7. The van der Waals surface area contributed by atoms with Crippen LogP contribution in [-0.2, 0) is 18.1 Å². The topological polar surface area (TPSA) is 44.8 Å². The highest BCUT2D eigenvalue weighted by Crippen LogP contribution is 2.20. The van der Waals surface area contributed by atoms with Crippen molar-refractivity contribution >= 4 is 22.7 Å². The predicted octanol–water partition coefficient (Wildman–Crippen LogP) is 2.72. The molecule has 4 nitrogen and oxygen atoms in total. The van der Waals surface area contributed by atoms with Crippen molar-refractivity contribution in [3.63, 3.8) is 0 Å². The van der Waals surface area contributed by atoms with Crippen LogP contribution in [0.3, 0.4) is 0 Å². The Kier molecular flexibility index (Phi) is 7.88. The third-order valence-corrected chi connectivity index (χ3v) is 9.27. The number of ether oxygens (including phenoxy) is 1. The average molecular weight is 291 g/mol. The molecule has 0 unspecified atom stereocenters. The molecule has 0 aliphatic heterocycles. The van der Waals surface area contributed by atoms with Gasteiger partial charge in [0.25, 0.3) is 0 Å². The Morgan fingerprint density at radius 2 is 1.89 bits per heavy atom. The zero-order chi connectivity index (χ0) is 14.2. The fourth-order valence-corrected chi connectivity index (χ4v) is 8.65. The molecule has 0 aromatic heterocycles. The fourth-order valence-electron chi connectivity index (χ4n) is 1.59. The van der Waals surface area contributed by atoms with Crippen molar-refractivity contribution in [3.05, 3.63) is 12.7 Å². The Hall–Kier alpha value is -0.276. The Morgan fingerprint density at radius 1 is 1.28 bits per heavy atom. The number of rotatable bonds is 10. The molecule has 0 atom stereocenters. The highest BCUT2D eigenvalue weighted by molar-refractivity contribution is 6.82. The summed E-state index contributed by atoms with van der Waals surface area (Å²) >= 11 is 0. The van der Waals surface area contributed by atoms with Crippen LogP contribution in [-0.4, -0.2) is 43.0 Å². The van der Waals surface area contributed by atoms with E-state index in [0.29, 0.717) is 6.61 Å². The average Bonchev–Trinajstić information content (AvgIpc) is 2.26. The molecule has 0 saturated heterocycles. The second-order valence-corrected chi connectivity index (χ2v) is 13.3. The molecule has 18 heavy (non-hydrogen) atoms. The Labute approximate surface area is 113 Å². The van der Waals surface area contributed by atoms with Crippen molar-refractivity contribution in [1.29, 1.82) is 0 Å². The second-order valence-electron chi connectivity index (χ2n) is 5.29. The van der Waals surface area contributed by atoms with E-state index in [2.05, 4.69) is 32.8 Å². The summed E-state index contributed by atoms with van der Waals surface area (Å²) in [5.41, 5.74) is 0. The van der Waals surface area contributed by atoms with Gasteiger partial charge in [-0.3, -0.25) is 4.79 Å². The van der Waals surface area contributed by atoms with Crippen LogP contribution in [0.4, 0.5) is 0 Å². The van der Waals surface area contributed by atoms with Gasteiger partial charge in [-0.25, -0.2) is 0 Å². The van der Waals surface area contributed by atoms with Gasteiger partial charge in [-0.15, -0.1) is 0 Å². The van der Waals surface area contributed by atoms with Gasteiger partial charge < -0.3 is 13.3 Å². The SMILES string of the molecule is C=CC(=O)COCCC[Si](C)(C)O[Si](C)(C)OC. The van der Waals surface area contributed by atoms with Gasteiger partial charge in [0.1, 0.15) is 6.61 Å². The van der Waals surface area contributed by atoms with Crippen LogP contribution < -0.4 is 0 Å². The molecule has 0 aromatic carbocycles. The molecular formula is C12H26O4Si2. The van der Waals surface area contributed by atoms with E-state index in [1.807, 2.05) is 0 Å². The van der Waals surface area contributed by atoms with Crippen molar-refractivity contribution in [2.24, 2.45) is 0 Å². The van der Waals surface area contributed by atoms with Crippen LogP contribution in [0.5, 0.6) is 0 Å². The zero-order valence-corrected chi connectivity index (χ0v) is 14.2. The molecule has 0 fully saturated rings. The predicted molar refractivity (Wildman–Crippen MR) is 78.5 cm³/mol. The van der Waals surface area contributed by atoms with Crippen LogP contribution in [0.1, 0.15) is 6.42 Å². The van der Waals surface area contributed by atoms with Crippen molar-refractivity contribution in [3.8, 4) is 0 Å². The molecule has 0 aliphatic rings. The summed E-state index contributed by atoms with van der Waals surface area (Å²) in [6.45, 7) is 12.6. The fraction of sp³-hybridized carbons (Fsp3) is 0.750. The first-order valence-electron chi connectivity index (χ1n) is 6.21. The van der Waals surface area contributed by atoms with Gasteiger partial charge in [-0.05, 0) is 44.7 Å². The van der Waals surface area contributed by atoms with Gasteiger partial charge in [-0.1, -0.05) is 6.58 Å². The summed E-state index contributed by atoms with van der Waals surface area (Å²) in [7, 11) is -1.94. The van der Waals surface area contributed by atoms with E-state index in [1.54, 1.807) is 7.11 Å². The van der Waals surface area contributed by atoms with Gasteiger partial charge in [-0.2, -0.15) is 0 Å². The van der Waals surface area contributed by atoms with E-state index in [-0.39, 0.29) is 12.4 Å². The lowest BCUT2D eigenvalue weighted by atomic mass is 10.4. The summed E-state index contributed by atoms with van der Waals surface area (Å²) in [5, 5.41) is 0. The molecule has 0 heterocycles. The van der Waals surface area contributed by atoms with Crippen LogP contribution in [0.15, 0.2) is 12.7 Å². The standard InChI is InChI=1S/C12H26O4Si2/c1-7-12(13)11-15-9-8-10-17(3,4)16-18(5,6)14-2/h7H,1,8-11H2,2-6H3. The first-order chi connectivity index (χ1) is 8.22. The van der Waals surface area contributed by atoms with Crippen molar-refractivity contribution in [1.82, 2.24) is 0 Å². The molecule has 6 heteroatoms. The Bertz CT molecular complexity index is 277. The monoisotopic (exact) mass is 290 g/mol. The minimum Gasteiger partial charge on any atom is -0.436 e. The Morgan fingerprint density at radius 3 is 2.39 bits per heavy atom. The lowest BCUT2D eigenvalue weighted by Crippen LogP contribution is -2.45. The molecule has 0 aromatic rings. The van der Waals surface area contributed by atoms with Crippen molar-refractivity contribution in [2.75, 3.05) is 20.3 Å². The summed E-state index contributed by atoms with van der Waals surface area (Å²) in [6.07, 6.45) is 2.20. The quantitative estimate of drug-likeness (QED) is 0.352. The lowest BCUT2D eigenvalue weighted by molar-refractivity contribution is -0.118. The van der Waals surface area contributed by atoms with Crippen molar-refractivity contribution in [2.45, 2.75) is 38.7 Å². The third-order valence-electron chi connectivity index (χ3n) is 2.55. The number of carbonyl (C=O) groups excluding carboxylic acids is 1. The molecule has 0 saturated carbocycles. The van der Waals surface area contributed by atoms with Crippen LogP contribution in [0, 0.1) is 0 Å². The minimum absolute atomic E-state index is 0.0734. The third kappa shape index (κ3) is 8.76. The molecule has 106 valence electrons. The van der Waals surface area contributed by atoms with Gasteiger partial charge in [0.2, 0.25) is 0 Å². The molecule has 0 spiro atoms. The first-order valence-corrected chi connectivity index (χ1v) is 12.1. The molecule has 0 radical (unpaired) electrons. The maximum absolute atomic E-state index is 10.9. The zero-order valence-electron chi connectivity index (χ0n) is 12.2. The summed E-state index contributed by atoms with van der Waals surface area (Å²) in [6, 6.07) is 1.01. The lowest BCUT2D eigenvalue weighted by Gasteiger charge is -2.32. The van der Waals surface area contributed by atoms with E-state index in [9.17, 15) is 4.79 Å². The van der Waals surface area contributed by atoms with E-state index in [4.69, 9.17) is 13.3 Å². The number of hydrogen-bond donors (Lipinski definition) is 0. The Balaban J connectivity index is 3.83. The maximum Gasteiger partial charge on any atom is 0.321 e. The van der Waals surface area contributed by atoms with E-state index < -0.39 is 16.9 Å². The highest BCUT2D eigenvalue weighted by Gasteiger charge is 2.33. The largest absolute Gasteiger partial charge is 0.436 e. The molecule has 0 N–H and O–H groups in total. The van der Waals surface area contributed by atoms with Crippen LogP contribution in [0.25, 0.3) is 0 Å². The van der Waals surface area contributed by atoms with Gasteiger partial charge >= 0.3 is 8.56 Å². The minimum atomic E-state index is -1.95. The van der Waals surface area contributed by atoms with Gasteiger partial charge in [0.15, 0.2) is 14.1 Å². The number of hydrogen-bond acceptors (Lipinski definition) is 4. The normalized spacial score (nSPS) is 12.5. The summed E-state index contributed by atoms with van der Waals surface area (Å²) in [4.78, 5) is 10.9. The van der Waals surface area contributed by atoms with Crippen molar-refractivity contribution < 1.29 is 18.1 Å². The summed E-state index contributed by atoms with van der Waals surface area (Å²) < 4.78 is 16.8. The van der Waals surface area contributed by atoms with E-state index in [1.165, 1.54) is 6.08 Å².